The van der Waals surface area contributed by atoms with Gasteiger partial charge in [0.25, 0.3) is 0 Å². The summed E-state index contributed by atoms with van der Waals surface area (Å²) in [4.78, 5) is 12.4. The average molecular weight is 808 g/mol. The first-order valence-corrected chi connectivity index (χ1v) is 26.3. The van der Waals surface area contributed by atoms with Crippen molar-refractivity contribution in [3.63, 3.8) is 0 Å². The van der Waals surface area contributed by atoms with E-state index in [0.717, 1.165) is 32.1 Å². The van der Waals surface area contributed by atoms with Crippen LogP contribution in [0.5, 0.6) is 0 Å². The van der Waals surface area contributed by atoms with Gasteiger partial charge in [0.1, 0.15) is 0 Å². The fraction of sp³-hybridized carbons (Fsp3) is 0.981. The predicted molar refractivity (Wildman–Crippen MR) is 250 cm³/mol. The van der Waals surface area contributed by atoms with E-state index in [2.05, 4.69) is 12.2 Å². The van der Waals surface area contributed by atoms with E-state index in [1.807, 2.05) is 0 Å². The predicted octanol–water partition coefficient (Wildman–Crippen LogP) is 15.8. The Bertz CT molecular complexity index is 748. The lowest BCUT2D eigenvalue weighted by atomic mass is 10.0. The summed E-state index contributed by atoms with van der Waals surface area (Å²) in [6, 6.07) is -0.532. The van der Waals surface area contributed by atoms with Crippen LogP contribution in [0.25, 0.3) is 0 Å². The molecule has 0 aliphatic heterocycles. The Balaban J connectivity index is 3.35. The largest absolute Gasteiger partial charge is 0.396 e. The molecule has 0 rings (SSSR count). The summed E-state index contributed by atoms with van der Waals surface area (Å²) in [7, 11) is 0. The average Bonchev–Trinajstić information content (AvgIpc) is 3.22. The van der Waals surface area contributed by atoms with Gasteiger partial charge in [0.2, 0.25) is 5.91 Å². The molecule has 0 saturated carbocycles. The van der Waals surface area contributed by atoms with Crippen LogP contribution < -0.4 is 5.32 Å². The maximum atomic E-state index is 12.4. The number of hydrogen-bond donors (Lipinski definition) is 4. The number of aliphatic hydroxyl groups excluding tert-OH is 3. The van der Waals surface area contributed by atoms with Gasteiger partial charge in [-0.25, -0.2) is 0 Å². The Hall–Kier alpha value is -0.650. The molecule has 0 unspecified atom stereocenters. The zero-order chi connectivity index (χ0) is 41.4. The van der Waals surface area contributed by atoms with Gasteiger partial charge in [-0.15, -0.1) is 0 Å². The number of rotatable bonds is 50. The molecule has 0 aliphatic carbocycles. The Kier molecular flexibility index (Phi) is 49.1. The van der Waals surface area contributed by atoms with Crippen LogP contribution in [0.4, 0.5) is 0 Å². The molecule has 4 N–H and O–H groups in total. The van der Waals surface area contributed by atoms with Gasteiger partial charge in [-0.05, 0) is 19.3 Å². The molecule has 5 heteroatoms. The Morgan fingerprint density at radius 3 is 0.877 bits per heavy atom. The van der Waals surface area contributed by atoms with Crippen molar-refractivity contribution in [1.82, 2.24) is 5.32 Å². The van der Waals surface area contributed by atoms with Crippen molar-refractivity contribution < 1.29 is 20.1 Å². The van der Waals surface area contributed by atoms with E-state index in [-0.39, 0.29) is 12.5 Å². The first-order valence-electron chi connectivity index (χ1n) is 26.3. The van der Waals surface area contributed by atoms with E-state index in [1.165, 1.54) is 250 Å². The molecule has 1 amide bonds. The number of aliphatic hydroxyl groups is 3. The molecule has 0 spiro atoms. The van der Waals surface area contributed by atoms with Crippen LogP contribution in [-0.4, -0.2) is 46.6 Å². The number of nitrogens with one attached hydrogen (secondary N) is 1. The van der Waals surface area contributed by atoms with Crippen LogP contribution in [0.1, 0.15) is 302 Å². The van der Waals surface area contributed by atoms with Crippen molar-refractivity contribution in [3.8, 4) is 0 Å². The van der Waals surface area contributed by atoms with E-state index in [4.69, 9.17) is 5.11 Å². The van der Waals surface area contributed by atoms with Gasteiger partial charge in [0.15, 0.2) is 0 Å². The summed E-state index contributed by atoms with van der Waals surface area (Å²) in [6.45, 7) is 2.44. The van der Waals surface area contributed by atoms with Crippen LogP contribution in [0.2, 0.25) is 0 Å². The summed E-state index contributed by atoms with van der Waals surface area (Å²) in [6.07, 6.45) is 59.5. The molecule has 0 aromatic heterocycles. The van der Waals surface area contributed by atoms with Crippen LogP contribution in [0, 0.1) is 0 Å². The van der Waals surface area contributed by atoms with Crippen molar-refractivity contribution in [2.24, 2.45) is 0 Å². The molecule has 0 saturated heterocycles. The van der Waals surface area contributed by atoms with E-state index in [9.17, 15) is 15.0 Å². The Labute approximate surface area is 357 Å². The third-order valence-electron chi connectivity index (χ3n) is 12.7. The molecule has 0 bridgehead atoms. The van der Waals surface area contributed by atoms with E-state index < -0.39 is 12.1 Å². The highest BCUT2D eigenvalue weighted by atomic mass is 16.3. The number of carbonyl (C=O) groups is 1. The number of unbranched alkanes of at least 4 members (excludes halogenated alkanes) is 42. The smallest absolute Gasteiger partial charge is 0.220 e. The van der Waals surface area contributed by atoms with E-state index in [0.29, 0.717) is 19.4 Å². The quantitative estimate of drug-likeness (QED) is 0.0461. The van der Waals surface area contributed by atoms with Crippen molar-refractivity contribution in [1.29, 1.82) is 0 Å². The molecule has 0 aromatic rings. The number of carbonyl (C=O) groups excluding carboxylic acids is 1. The molecule has 5 nitrogen and oxygen atoms in total. The minimum atomic E-state index is -0.656. The van der Waals surface area contributed by atoms with Crippen LogP contribution in [0.3, 0.4) is 0 Å². The Morgan fingerprint density at radius 1 is 0.368 bits per heavy atom. The lowest BCUT2D eigenvalue weighted by molar-refractivity contribution is -0.123. The van der Waals surface area contributed by atoms with Crippen molar-refractivity contribution >= 4 is 5.91 Å². The number of amides is 1. The van der Waals surface area contributed by atoms with Gasteiger partial charge in [0, 0.05) is 13.0 Å². The summed E-state index contributed by atoms with van der Waals surface area (Å²) in [5, 5.41) is 32.0. The van der Waals surface area contributed by atoms with Crippen molar-refractivity contribution in [2.45, 2.75) is 314 Å². The maximum Gasteiger partial charge on any atom is 0.220 e. The summed E-state index contributed by atoms with van der Waals surface area (Å²) in [5.41, 5.74) is 0. The maximum absolute atomic E-state index is 12.4. The second-order valence-electron chi connectivity index (χ2n) is 18.4. The zero-order valence-corrected chi connectivity index (χ0v) is 38.8. The molecular formula is C52H105NO4. The molecule has 0 fully saturated rings. The topological polar surface area (TPSA) is 89.8 Å². The molecule has 0 radical (unpaired) electrons. The fourth-order valence-corrected chi connectivity index (χ4v) is 8.64. The Morgan fingerprint density at radius 2 is 0.614 bits per heavy atom. The second-order valence-corrected chi connectivity index (χ2v) is 18.4. The minimum Gasteiger partial charge on any atom is -0.396 e. The molecule has 0 aromatic carbocycles. The summed E-state index contributed by atoms with van der Waals surface area (Å²) in [5.74, 6) is -0.0273. The van der Waals surface area contributed by atoms with Gasteiger partial charge >= 0.3 is 0 Å². The lowest BCUT2D eigenvalue weighted by Gasteiger charge is -2.22. The van der Waals surface area contributed by atoms with Crippen molar-refractivity contribution in [2.75, 3.05) is 13.2 Å². The molecular weight excluding hydrogens is 703 g/mol. The third kappa shape index (κ3) is 46.3. The first-order chi connectivity index (χ1) is 28.2. The second kappa shape index (κ2) is 49.7. The lowest BCUT2D eigenvalue weighted by Crippen LogP contribution is -2.45. The highest BCUT2D eigenvalue weighted by Gasteiger charge is 2.20. The monoisotopic (exact) mass is 808 g/mol. The molecule has 2 atom stereocenters. The SMILES string of the molecule is CCCCCCCCCCCCCCC[C@@H](O)[C@H](CO)NC(=O)CCCCCCCCCCCCCCCCCCCCCCCCCCCCCCCCCO. The first kappa shape index (κ1) is 56.4. The van der Waals surface area contributed by atoms with Crippen molar-refractivity contribution in [3.05, 3.63) is 0 Å². The van der Waals surface area contributed by atoms with Crippen LogP contribution >= 0.6 is 0 Å². The highest BCUT2D eigenvalue weighted by Crippen LogP contribution is 2.18. The molecule has 57 heavy (non-hydrogen) atoms. The van der Waals surface area contributed by atoms with E-state index >= 15 is 0 Å². The molecule has 342 valence electrons. The van der Waals surface area contributed by atoms with Gasteiger partial charge in [-0.3, -0.25) is 4.79 Å². The van der Waals surface area contributed by atoms with Gasteiger partial charge in [-0.1, -0.05) is 277 Å². The van der Waals surface area contributed by atoms with Crippen LogP contribution in [0.15, 0.2) is 0 Å². The van der Waals surface area contributed by atoms with Gasteiger partial charge in [0.05, 0.1) is 18.8 Å². The number of hydrogen-bond acceptors (Lipinski definition) is 4. The fourth-order valence-electron chi connectivity index (χ4n) is 8.64. The molecule has 0 heterocycles. The summed E-state index contributed by atoms with van der Waals surface area (Å²) >= 11 is 0. The normalized spacial score (nSPS) is 12.7. The molecule has 0 aliphatic rings. The highest BCUT2D eigenvalue weighted by molar-refractivity contribution is 5.76. The van der Waals surface area contributed by atoms with Gasteiger partial charge < -0.3 is 20.6 Å². The third-order valence-corrected chi connectivity index (χ3v) is 12.7. The van der Waals surface area contributed by atoms with Crippen LogP contribution in [-0.2, 0) is 4.79 Å². The van der Waals surface area contributed by atoms with E-state index in [1.54, 1.807) is 0 Å². The summed E-state index contributed by atoms with van der Waals surface area (Å²) < 4.78 is 0. The van der Waals surface area contributed by atoms with Gasteiger partial charge in [-0.2, -0.15) is 0 Å². The standard InChI is InChI=1S/C52H105NO4/c1-2-3-4-5-6-7-8-28-31-34-37-40-43-46-51(56)50(49-55)53-52(57)47-44-41-38-35-32-29-26-24-22-20-18-16-14-12-10-9-11-13-15-17-19-21-23-25-27-30-33-36-39-42-45-48-54/h50-51,54-56H,2-49H2,1H3,(H,53,57)/t50-,51+/m0/s1. The zero-order valence-electron chi connectivity index (χ0n) is 38.8. The minimum absolute atomic E-state index is 0.0273.